The second-order valence-corrected chi connectivity index (χ2v) is 6.54. The van der Waals surface area contributed by atoms with Gasteiger partial charge in [0.05, 0.1) is 18.0 Å². The maximum atomic E-state index is 13.0. The summed E-state index contributed by atoms with van der Waals surface area (Å²) in [5, 5.41) is 10.3. The highest BCUT2D eigenvalue weighted by Crippen LogP contribution is 2.35. The first kappa shape index (κ1) is 16.5. The van der Waals surface area contributed by atoms with E-state index in [0.717, 1.165) is 4.88 Å². The predicted molar refractivity (Wildman–Crippen MR) is 90.9 cm³/mol. The van der Waals surface area contributed by atoms with Crippen LogP contribution < -0.4 is 11.2 Å². The molecule has 3 rings (SSSR count). The van der Waals surface area contributed by atoms with Crippen molar-refractivity contribution in [2.75, 3.05) is 0 Å². The molecule has 3 aromatic rings. The molecule has 6 nitrogen and oxygen atoms in total. The highest BCUT2D eigenvalue weighted by molar-refractivity contribution is 7.22. The molecule has 0 fully saturated rings. The number of fused-ring (bicyclic) bond motifs is 1. The van der Waals surface area contributed by atoms with E-state index in [1.807, 2.05) is 6.92 Å². The third-order valence-electron chi connectivity index (χ3n) is 3.92. The van der Waals surface area contributed by atoms with Gasteiger partial charge in [0.25, 0.3) is 5.56 Å². The number of thiophene rings is 1. The van der Waals surface area contributed by atoms with Gasteiger partial charge < -0.3 is 5.11 Å². The number of hydrogen-bond donors (Lipinski definition) is 2. The van der Waals surface area contributed by atoms with E-state index in [-0.39, 0.29) is 6.54 Å². The third kappa shape index (κ3) is 2.78. The minimum Gasteiger partial charge on any atom is -0.391 e. The van der Waals surface area contributed by atoms with E-state index in [1.165, 1.54) is 28.2 Å². The smallest absolute Gasteiger partial charge is 0.329 e. The van der Waals surface area contributed by atoms with Crippen molar-refractivity contribution >= 4 is 21.6 Å². The highest BCUT2D eigenvalue weighted by atomic mass is 32.1. The van der Waals surface area contributed by atoms with Crippen LogP contribution in [0.15, 0.2) is 27.9 Å². The fraction of sp³-hybridized carbons (Fsp3) is 0.312. The van der Waals surface area contributed by atoms with E-state index in [2.05, 4.69) is 9.97 Å². The molecule has 0 radical (unpaired) electrons. The number of H-pyrrole nitrogens is 1. The second-order valence-electron chi connectivity index (χ2n) is 5.54. The first-order valence-electron chi connectivity index (χ1n) is 7.48. The lowest BCUT2D eigenvalue weighted by atomic mass is 10.1. The summed E-state index contributed by atoms with van der Waals surface area (Å²) in [5.74, 6) is -0.585. The molecule has 0 unspecified atom stereocenters. The van der Waals surface area contributed by atoms with Gasteiger partial charge in [0, 0.05) is 16.6 Å². The zero-order chi connectivity index (χ0) is 17.4. The summed E-state index contributed by atoms with van der Waals surface area (Å²) in [6, 6.07) is 2.83. The number of aliphatic hydroxyl groups excluding tert-OH is 1. The van der Waals surface area contributed by atoms with Gasteiger partial charge in [-0.1, -0.05) is 6.92 Å². The van der Waals surface area contributed by atoms with E-state index in [4.69, 9.17) is 0 Å². The normalized spacial score (nSPS) is 12.7. The van der Waals surface area contributed by atoms with Crippen LogP contribution >= 0.6 is 11.3 Å². The van der Waals surface area contributed by atoms with Gasteiger partial charge in [-0.2, -0.15) is 4.39 Å². The molecule has 8 heteroatoms. The molecule has 0 aliphatic rings. The Morgan fingerprint density at radius 1 is 1.42 bits per heavy atom. The van der Waals surface area contributed by atoms with Gasteiger partial charge >= 0.3 is 5.69 Å². The maximum Gasteiger partial charge on any atom is 0.329 e. The van der Waals surface area contributed by atoms with Crippen LogP contribution in [0.1, 0.15) is 18.9 Å². The zero-order valence-electron chi connectivity index (χ0n) is 13.2. The van der Waals surface area contributed by atoms with Crippen LogP contribution in [0.25, 0.3) is 20.7 Å². The molecule has 0 bridgehead atoms. The lowest BCUT2D eigenvalue weighted by molar-refractivity contribution is 0.150. The number of halogens is 1. The highest BCUT2D eigenvalue weighted by Gasteiger charge is 2.19. The van der Waals surface area contributed by atoms with Gasteiger partial charge in [-0.05, 0) is 31.0 Å². The summed E-state index contributed by atoms with van der Waals surface area (Å²) < 4.78 is 14.4. The van der Waals surface area contributed by atoms with E-state index >= 15 is 0 Å². The Morgan fingerprint density at radius 2 is 2.17 bits per heavy atom. The number of aliphatic hydroxyl groups is 1. The quantitative estimate of drug-likeness (QED) is 0.706. The van der Waals surface area contributed by atoms with Crippen LogP contribution in [-0.4, -0.2) is 25.7 Å². The van der Waals surface area contributed by atoms with Crippen molar-refractivity contribution in [3.05, 3.63) is 50.7 Å². The Morgan fingerprint density at radius 3 is 2.79 bits per heavy atom. The molecule has 0 saturated carbocycles. The van der Waals surface area contributed by atoms with E-state index < -0.39 is 23.3 Å². The fourth-order valence-electron chi connectivity index (χ4n) is 2.57. The summed E-state index contributed by atoms with van der Waals surface area (Å²) in [6.07, 6.45) is 1.20. The maximum absolute atomic E-state index is 13.0. The lowest BCUT2D eigenvalue weighted by Crippen LogP contribution is -2.33. The summed E-state index contributed by atoms with van der Waals surface area (Å²) in [6.45, 7) is 3.69. The first-order chi connectivity index (χ1) is 11.4. The first-order valence-corrected chi connectivity index (χ1v) is 8.30. The fourth-order valence-corrected chi connectivity index (χ4v) is 3.87. The average Bonchev–Trinajstić information content (AvgIpc) is 2.90. The largest absolute Gasteiger partial charge is 0.391 e. The van der Waals surface area contributed by atoms with Crippen LogP contribution in [0.4, 0.5) is 4.39 Å². The number of aromatic amines is 1. The average molecular weight is 349 g/mol. The molecule has 24 heavy (non-hydrogen) atoms. The monoisotopic (exact) mass is 349 g/mol. The number of nitrogens with zero attached hydrogens (tertiary/aromatic N) is 2. The van der Waals surface area contributed by atoms with Gasteiger partial charge in [-0.3, -0.25) is 14.3 Å². The Balaban J connectivity index is 2.28. The topological polar surface area (TPSA) is 88.0 Å². The minimum atomic E-state index is -0.685. The van der Waals surface area contributed by atoms with Gasteiger partial charge in [0.2, 0.25) is 5.95 Å². The Bertz CT molecular complexity index is 1000. The molecule has 126 valence electrons. The molecule has 0 saturated heterocycles. The van der Waals surface area contributed by atoms with Crippen LogP contribution in [0, 0.1) is 12.9 Å². The van der Waals surface area contributed by atoms with Crippen LogP contribution in [0.2, 0.25) is 0 Å². The summed E-state index contributed by atoms with van der Waals surface area (Å²) in [4.78, 5) is 31.5. The van der Waals surface area contributed by atoms with Crippen molar-refractivity contribution in [3.8, 4) is 10.4 Å². The molecule has 0 aliphatic carbocycles. The number of aromatic nitrogens is 3. The van der Waals surface area contributed by atoms with Crippen molar-refractivity contribution < 1.29 is 9.50 Å². The molecule has 3 heterocycles. The van der Waals surface area contributed by atoms with E-state index in [9.17, 15) is 19.1 Å². The number of rotatable bonds is 4. The molecular weight excluding hydrogens is 333 g/mol. The molecule has 0 aliphatic heterocycles. The predicted octanol–water partition coefficient (Wildman–Crippen LogP) is 2.03. The van der Waals surface area contributed by atoms with Crippen LogP contribution in [0.3, 0.4) is 0 Å². The molecule has 0 spiro atoms. The van der Waals surface area contributed by atoms with Crippen molar-refractivity contribution in [3.63, 3.8) is 0 Å². The zero-order valence-corrected chi connectivity index (χ0v) is 14.0. The van der Waals surface area contributed by atoms with E-state index in [0.29, 0.717) is 27.8 Å². The van der Waals surface area contributed by atoms with Crippen LogP contribution in [-0.2, 0) is 6.54 Å². The summed E-state index contributed by atoms with van der Waals surface area (Å²) in [7, 11) is 0. The van der Waals surface area contributed by atoms with E-state index in [1.54, 1.807) is 13.0 Å². The Hall–Kier alpha value is -2.32. The van der Waals surface area contributed by atoms with Crippen molar-refractivity contribution in [1.82, 2.24) is 14.5 Å². The number of hydrogen-bond acceptors (Lipinski definition) is 5. The number of aryl methyl sites for hydroxylation is 1. The van der Waals surface area contributed by atoms with Gasteiger partial charge in [-0.15, -0.1) is 11.3 Å². The Kier molecular flexibility index (Phi) is 4.33. The summed E-state index contributed by atoms with van der Waals surface area (Å²) in [5.41, 5.74) is 0.353. The lowest BCUT2D eigenvalue weighted by Gasteiger charge is -2.10. The standard InChI is InChI=1S/C16H16FN3O3S/c1-3-10(21)7-20-15-12(14(22)19-16(20)23)8(2)13(24-15)9-4-5-11(17)18-6-9/h4-6,10,21H,3,7H2,1-2H3,(H,19,22,23)/t10-/m0/s1. The molecule has 2 N–H and O–H groups in total. The molecule has 0 aromatic carbocycles. The second kappa shape index (κ2) is 6.29. The molecule has 0 amide bonds. The number of pyridine rings is 1. The van der Waals surface area contributed by atoms with Gasteiger partial charge in [-0.25, -0.2) is 9.78 Å². The van der Waals surface area contributed by atoms with Crippen molar-refractivity contribution in [2.45, 2.75) is 32.9 Å². The molecular formula is C16H16FN3O3S. The van der Waals surface area contributed by atoms with Gasteiger partial charge in [0.1, 0.15) is 4.83 Å². The Labute approximate surface area is 140 Å². The number of nitrogens with one attached hydrogen (secondary N) is 1. The minimum absolute atomic E-state index is 0.101. The van der Waals surface area contributed by atoms with Gasteiger partial charge in [0.15, 0.2) is 0 Å². The van der Waals surface area contributed by atoms with Crippen LogP contribution in [0.5, 0.6) is 0 Å². The van der Waals surface area contributed by atoms with Crippen molar-refractivity contribution in [1.29, 1.82) is 0 Å². The SMILES string of the molecule is CC[C@H](O)Cn1c(=O)[nH]c(=O)c2c(C)c(-c3ccc(F)nc3)sc21. The summed E-state index contributed by atoms with van der Waals surface area (Å²) >= 11 is 1.26. The molecule has 1 atom stereocenters. The molecule has 3 aromatic heterocycles. The third-order valence-corrected chi connectivity index (χ3v) is 5.28. The van der Waals surface area contributed by atoms with Crippen molar-refractivity contribution in [2.24, 2.45) is 0 Å².